The summed E-state index contributed by atoms with van der Waals surface area (Å²) in [4.78, 5) is 40.5. The maximum Gasteiger partial charge on any atom is 0.318 e. The molecule has 0 aliphatic carbocycles. The average Bonchev–Trinajstić information content (AvgIpc) is 3.23. The van der Waals surface area contributed by atoms with E-state index < -0.39 is 27.0 Å². The number of nitro groups is 2. The topological polar surface area (TPSA) is 217 Å². The molecule has 0 aromatic heterocycles. The Labute approximate surface area is 383 Å². The van der Waals surface area contributed by atoms with E-state index in [4.69, 9.17) is 9.98 Å². The molecule has 0 saturated carbocycles. The van der Waals surface area contributed by atoms with Crippen molar-refractivity contribution in [1.29, 1.82) is 0 Å². The Hall–Kier alpha value is -8.00. The van der Waals surface area contributed by atoms with Crippen molar-refractivity contribution in [2.45, 2.75) is 78.6 Å². The van der Waals surface area contributed by atoms with Crippen LogP contribution in [-0.4, -0.2) is 55.1 Å². The molecular formula is C52H52N6O8. The molecule has 4 N–H and O–H groups in total. The zero-order valence-corrected chi connectivity index (χ0v) is 38.2. The molecule has 0 bridgehead atoms. The normalized spacial score (nSPS) is 12.6. The van der Waals surface area contributed by atoms with Gasteiger partial charge in [0.1, 0.15) is 17.2 Å². The van der Waals surface area contributed by atoms with Gasteiger partial charge in [0.15, 0.2) is 0 Å². The van der Waals surface area contributed by atoms with Gasteiger partial charge in [0.25, 0.3) is 5.69 Å². The molecule has 0 saturated heterocycles. The van der Waals surface area contributed by atoms with Crippen LogP contribution in [0, 0.1) is 20.2 Å². The molecule has 6 aromatic rings. The van der Waals surface area contributed by atoms with Crippen LogP contribution in [0.15, 0.2) is 123 Å². The lowest BCUT2D eigenvalue weighted by Crippen LogP contribution is -2.11. The number of hydrogen-bond donors (Lipinski definition) is 4. The van der Waals surface area contributed by atoms with Crippen LogP contribution in [0.3, 0.4) is 0 Å². The molecule has 14 heteroatoms. The number of aliphatic imine (C=N–C) groups is 4. The summed E-state index contributed by atoms with van der Waals surface area (Å²) in [7, 11) is 0. The summed E-state index contributed by atoms with van der Waals surface area (Å²) in [5, 5.41) is 67.9. The number of benzene rings is 6. The van der Waals surface area contributed by atoms with E-state index in [0.717, 1.165) is 23.4 Å². The number of phenols is 4. The summed E-state index contributed by atoms with van der Waals surface area (Å²) in [6, 6.07) is 28.5. The van der Waals surface area contributed by atoms with Gasteiger partial charge in [-0.1, -0.05) is 111 Å². The molecule has 0 fully saturated rings. The van der Waals surface area contributed by atoms with Gasteiger partial charge in [-0.25, -0.2) is 0 Å². The van der Waals surface area contributed by atoms with Gasteiger partial charge in [0.2, 0.25) is 5.75 Å². The number of rotatable bonds is 11. The van der Waals surface area contributed by atoms with E-state index in [9.17, 15) is 40.7 Å². The van der Waals surface area contributed by atoms with E-state index in [2.05, 4.69) is 9.98 Å². The molecule has 0 aliphatic rings. The van der Waals surface area contributed by atoms with E-state index >= 15 is 0 Å². The molecule has 0 heterocycles. The second-order valence-electron chi connectivity index (χ2n) is 18.8. The van der Waals surface area contributed by atoms with Crippen molar-refractivity contribution in [2.75, 3.05) is 0 Å². The van der Waals surface area contributed by atoms with Gasteiger partial charge < -0.3 is 20.4 Å². The predicted octanol–water partition coefficient (Wildman–Crippen LogP) is 12.9. The average molecular weight is 889 g/mol. The standard InChI is InChI=1S/C52H52N6O8/c1-50(2,3)38-16-10-13-33(46(38)59)27-53-41-21-19-31(24-43(41)55-29-35-15-12-18-40(48(35)61)52(7,8)9)32-20-22-42(54-28-34-14-11-17-39(47(34)60)51(4,5)6)44(25-32)56-30-36-23-37(57(63)64)26-45(49(36)62)58(65)66/h10-30,59-62H,1-9H3. The van der Waals surface area contributed by atoms with Crippen LogP contribution in [0.2, 0.25) is 0 Å². The number of para-hydroxylation sites is 3. The van der Waals surface area contributed by atoms with Gasteiger partial charge in [-0.2, -0.15) is 0 Å². The van der Waals surface area contributed by atoms with E-state index in [1.54, 1.807) is 61.0 Å². The van der Waals surface area contributed by atoms with Crippen LogP contribution in [-0.2, 0) is 16.2 Å². The molecule has 6 rings (SSSR count). The summed E-state index contributed by atoms with van der Waals surface area (Å²) in [6.45, 7) is 18.0. The lowest BCUT2D eigenvalue weighted by Gasteiger charge is -2.21. The lowest BCUT2D eigenvalue weighted by atomic mass is 9.85. The van der Waals surface area contributed by atoms with Gasteiger partial charge in [-0.15, -0.1) is 0 Å². The third kappa shape index (κ3) is 10.7. The summed E-state index contributed by atoms with van der Waals surface area (Å²) >= 11 is 0. The van der Waals surface area contributed by atoms with Gasteiger partial charge in [0.05, 0.1) is 38.7 Å². The summed E-state index contributed by atoms with van der Waals surface area (Å²) < 4.78 is 0. The Kier molecular flexibility index (Phi) is 13.4. The Morgan fingerprint density at radius 2 is 0.773 bits per heavy atom. The fourth-order valence-electron chi connectivity index (χ4n) is 7.17. The molecule has 6 aromatic carbocycles. The van der Waals surface area contributed by atoms with Crippen molar-refractivity contribution in [3.05, 3.63) is 162 Å². The zero-order valence-electron chi connectivity index (χ0n) is 38.2. The Bertz CT molecular complexity index is 2990. The second-order valence-corrected chi connectivity index (χ2v) is 18.8. The van der Waals surface area contributed by atoms with Crippen molar-refractivity contribution in [3.63, 3.8) is 0 Å². The van der Waals surface area contributed by atoms with Gasteiger partial charge in [0, 0.05) is 53.2 Å². The number of hydrogen-bond acceptors (Lipinski definition) is 12. The number of nitro benzene ring substituents is 2. The lowest BCUT2D eigenvalue weighted by molar-refractivity contribution is -0.394. The fraction of sp³-hybridized carbons (Fsp3) is 0.231. The fourth-order valence-corrected chi connectivity index (χ4v) is 7.17. The van der Waals surface area contributed by atoms with E-state index in [1.807, 2.05) is 105 Å². The Morgan fingerprint density at radius 3 is 1.11 bits per heavy atom. The van der Waals surface area contributed by atoms with E-state index in [1.165, 1.54) is 6.21 Å². The summed E-state index contributed by atoms with van der Waals surface area (Å²) in [5.41, 5.74) is 3.45. The third-order valence-electron chi connectivity index (χ3n) is 10.8. The quantitative estimate of drug-likeness (QED) is 0.0556. The summed E-state index contributed by atoms with van der Waals surface area (Å²) in [6.07, 6.45) is 5.69. The minimum absolute atomic E-state index is 0.0515. The van der Waals surface area contributed by atoms with Crippen molar-refractivity contribution < 1.29 is 30.3 Å². The minimum atomic E-state index is -0.920. The Balaban J connectivity index is 1.52. The van der Waals surface area contributed by atoms with Crippen molar-refractivity contribution >= 4 is 59.0 Å². The molecule has 0 spiro atoms. The van der Waals surface area contributed by atoms with E-state index in [0.29, 0.717) is 56.5 Å². The third-order valence-corrected chi connectivity index (χ3v) is 10.8. The van der Waals surface area contributed by atoms with Gasteiger partial charge in [-0.3, -0.25) is 40.2 Å². The van der Waals surface area contributed by atoms with E-state index in [-0.39, 0.29) is 44.7 Å². The minimum Gasteiger partial charge on any atom is -0.507 e. The van der Waals surface area contributed by atoms with Crippen molar-refractivity contribution in [1.82, 2.24) is 0 Å². The highest BCUT2D eigenvalue weighted by Gasteiger charge is 2.24. The van der Waals surface area contributed by atoms with Crippen LogP contribution in [0.1, 0.15) is 101 Å². The van der Waals surface area contributed by atoms with Crippen LogP contribution in [0.25, 0.3) is 11.1 Å². The van der Waals surface area contributed by atoms with Crippen LogP contribution in [0.4, 0.5) is 34.1 Å². The molecule has 0 atom stereocenters. The first-order valence-corrected chi connectivity index (χ1v) is 21.0. The molecular weight excluding hydrogens is 837 g/mol. The number of non-ortho nitro benzene ring substituents is 1. The molecule has 0 unspecified atom stereocenters. The van der Waals surface area contributed by atoms with Crippen LogP contribution >= 0.6 is 0 Å². The molecule has 0 amide bonds. The Morgan fingerprint density at radius 1 is 0.424 bits per heavy atom. The maximum absolute atomic E-state index is 11.7. The molecule has 66 heavy (non-hydrogen) atoms. The first kappa shape index (κ1) is 47.5. The van der Waals surface area contributed by atoms with Gasteiger partial charge in [-0.05, 0) is 86.5 Å². The number of nitrogens with zero attached hydrogens (tertiary/aromatic N) is 6. The number of phenolic OH excluding ortho intramolecular Hbond substituents is 4. The highest BCUT2D eigenvalue weighted by molar-refractivity contribution is 5.94. The maximum atomic E-state index is 11.7. The highest BCUT2D eigenvalue weighted by atomic mass is 16.6. The molecule has 0 radical (unpaired) electrons. The summed E-state index contributed by atoms with van der Waals surface area (Å²) in [5.74, 6) is -0.553. The smallest absolute Gasteiger partial charge is 0.318 e. The molecule has 14 nitrogen and oxygen atoms in total. The zero-order chi connectivity index (χ0) is 48.3. The first-order chi connectivity index (χ1) is 30.9. The monoisotopic (exact) mass is 888 g/mol. The first-order valence-electron chi connectivity index (χ1n) is 21.0. The number of aromatic hydroxyl groups is 4. The van der Waals surface area contributed by atoms with Gasteiger partial charge >= 0.3 is 5.69 Å². The van der Waals surface area contributed by atoms with Crippen LogP contribution < -0.4 is 0 Å². The van der Waals surface area contributed by atoms with Crippen molar-refractivity contribution in [3.8, 4) is 34.1 Å². The molecule has 338 valence electrons. The largest absolute Gasteiger partial charge is 0.507 e. The predicted molar refractivity (Wildman–Crippen MR) is 263 cm³/mol. The van der Waals surface area contributed by atoms with Crippen molar-refractivity contribution in [2.24, 2.45) is 20.0 Å². The highest BCUT2D eigenvalue weighted by Crippen LogP contribution is 2.41. The van der Waals surface area contributed by atoms with Crippen LogP contribution in [0.5, 0.6) is 23.0 Å². The second kappa shape index (κ2) is 18.6. The SMILES string of the molecule is CC(C)(C)c1cccc(C=Nc2ccc(-c3ccc(N=Cc4cccc(C(C)(C)C)c4O)c(N=Cc4cccc(C(C)(C)C)c4O)c3)cc2N=Cc2cc([N+](=O)[O-])cc([N+](=O)[O-])c2O)c1O. The molecule has 0 aliphatic heterocycles.